The minimum Gasteiger partial charge on any atom is -0.371 e. The first-order valence-corrected chi connectivity index (χ1v) is 11.8. The summed E-state index contributed by atoms with van der Waals surface area (Å²) in [6.07, 6.45) is 1.26. The largest absolute Gasteiger partial charge is 0.371 e. The minimum absolute atomic E-state index is 0.0489. The highest BCUT2D eigenvalue weighted by Crippen LogP contribution is 2.26. The van der Waals surface area contributed by atoms with Crippen LogP contribution in [0.15, 0.2) is 64.5 Å². The van der Waals surface area contributed by atoms with Gasteiger partial charge in [-0.05, 0) is 42.7 Å². The van der Waals surface area contributed by atoms with E-state index in [1.54, 1.807) is 12.1 Å². The summed E-state index contributed by atoms with van der Waals surface area (Å²) in [5.41, 5.74) is 2.44. The van der Waals surface area contributed by atoms with Crippen molar-refractivity contribution in [2.24, 2.45) is 5.92 Å². The van der Waals surface area contributed by atoms with Crippen LogP contribution in [-0.4, -0.2) is 36.4 Å². The summed E-state index contributed by atoms with van der Waals surface area (Å²) in [5.74, 6) is 0.174. The van der Waals surface area contributed by atoms with E-state index < -0.39 is 0 Å². The third-order valence-corrected chi connectivity index (χ3v) is 6.50. The summed E-state index contributed by atoms with van der Waals surface area (Å²) in [5, 5.41) is 8.12. The van der Waals surface area contributed by atoms with E-state index in [0.717, 1.165) is 24.0 Å². The third-order valence-electron chi connectivity index (χ3n) is 5.20. The summed E-state index contributed by atoms with van der Waals surface area (Å²) in [4.78, 5) is 31.3. The molecular weight excluding hydrogens is 476 g/mol. The molecule has 0 aliphatic carbocycles. The van der Waals surface area contributed by atoms with Crippen molar-refractivity contribution in [2.45, 2.75) is 12.8 Å². The van der Waals surface area contributed by atoms with Crippen molar-refractivity contribution in [3.05, 3.63) is 75.7 Å². The first-order valence-electron chi connectivity index (χ1n) is 10.1. The molecular formula is C23H23BrN4O2S. The quantitative estimate of drug-likeness (QED) is 0.507. The number of hydrogen-bond donors (Lipinski definition) is 2. The number of hydrogen-bond acceptors (Lipinski definition) is 5. The standard InChI is InChI=1S/C23H23BrN4O2S/c24-18-7-4-8-20(11-18)28-10-9-16(14-28)13-25-21(29)12-19-15-31-23(26-19)27-22(30)17-5-2-1-3-6-17/h1-8,11,15-16H,9-10,12-14H2,(H,25,29)(H,26,27,30). The van der Waals surface area contributed by atoms with E-state index >= 15 is 0 Å². The summed E-state index contributed by atoms with van der Waals surface area (Å²) in [7, 11) is 0. The Bertz CT molecular complexity index is 1060. The van der Waals surface area contributed by atoms with Gasteiger partial charge in [0.05, 0.1) is 12.1 Å². The first kappa shape index (κ1) is 21.5. The van der Waals surface area contributed by atoms with Crippen molar-refractivity contribution in [3.8, 4) is 0 Å². The van der Waals surface area contributed by atoms with Gasteiger partial charge >= 0.3 is 0 Å². The van der Waals surface area contributed by atoms with E-state index in [0.29, 0.717) is 28.9 Å². The van der Waals surface area contributed by atoms with Crippen molar-refractivity contribution in [1.82, 2.24) is 10.3 Å². The van der Waals surface area contributed by atoms with Crippen LogP contribution in [0.3, 0.4) is 0 Å². The fourth-order valence-electron chi connectivity index (χ4n) is 3.60. The zero-order valence-corrected chi connectivity index (χ0v) is 19.3. The molecule has 0 saturated carbocycles. The molecule has 1 aliphatic rings. The molecule has 1 aromatic heterocycles. The second kappa shape index (κ2) is 10.1. The number of benzene rings is 2. The molecule has 160 valence electrons. The molecule has 0 spiro atoms. The molecule has 1 fully saturated rings. The fourth-order valence-corrected chi connectivity index (χ4v) is 4.69. The van der Waals surface area contributed by atoms with E-state index in [2.05, 4.69) is 48.6 Å². The topological polar surface area (TPSA) is 74.3 Å². The Morgan fingerprint density at radius 1 is 1.16 bits per heavy atom. The lowest BCUT2D eigenvalue weighted by Gasteiger charge is -2.19. The highest BCUT2D eigenvalue weighted by molar-refractivity contribution is 9.10. The van der Waals surface area contributed by atoms with Crippen molar-refractivity contribution < 1.29 is 9.59 Å². The Labute approximate surface area is 193 Å². The normalized spacial score (nSPS) is 15.6. The predicted octanol–water partition coefficient (Wildman–Crippen LogP) is 4.34. The number of nitrogens with zero attached hydrogens (tertiary/aromatic N) is 2. The molecule has 6 nitrogen and oxygen atoms in total. The molecule has 1 unspecified atom stereocenters. The Balaban J connectivity index is 1.22. The predicted molar refractivity (Wildman–Crippen MR) is 128 cm³/mol. The second-order valence-corrected chi connectivity index (χ2v) is 9.30. The molecule has 0 bridgehead atoms. The zero-order valence-electron chi connectivity index (χ0n) is 16.9. The molecule has 1 atom stereocenters. The van der Waals surface area contributed by atoms with Gasteiger partial charge in [0.1, 0.15) is 0 Å². The summed E-state index contributed by atoms with van der Waals surface area (Å²) < 4.78 is 1.07. The van der Waals surface area contributed by atoms with Crippen LogP contribution in [0.4, 0.5) is 10.8 Å². The average molecular weight is 499 g/mol. The maximum Gasteiger partial charge on any atom is 0.257 e. The molecule has 0 radical (unpaired) electrons. The molecule has 8 heteroatoms. The second-order valence-electron chi connectivity index (χ2n) is 7.53. The average Bonchev–Trinajstić information content (AvgIpc) is 3.42. The Morgan fingerprint density at radius 3 is 2.81 bits per heavy atom. The van der Waals surface area contributed by atoms with Gasteiger partial charge in [0.25, 0.3) is 5.91 Å². The Kier molecular flexibility index (Phi) is 6.99. The van der Waals surface area contributed by atoms with Gasteiger partial charge in [0, 0.05) is 40.7 Å². The van der Waals surface area contributed by atoms with Crippen LogP contribution in [0.25, 0.3) is 0 Å². The highest BCUT2D eigenvalue weighted by atomic mass is 79.9. The molecule has 31 heavy (non-hydrogen) atoms. The summed E-state index contributed by atoms with van der Waals surface area (Å²) in [6.45, 7) is 2.59. The number of carbonyl (C=O) groups is 2. The molecule has 2 heterocycles. The summed E-state index contributed by atoms with van der Waals surface area (Å²) >= 11 is 4.84. The number of aromatic nitrogens is 1. The molecule has 1 saturated heterocycles. The maximum atomic E-state index is 12.4. The van der Waals surface area contributed by atoms with E-state index in [9.17, 15) is 9.59 Å². The smallest absolute Gasteiger partial charge is 0.257 e. The minimum atomic E-state index is -0.206. The van der Waals surface area contributed by atoms with Crippen molar-refractivity contribution in [2.75, 3.05) is 29.9 Å². The van der Waals surface area contributed by atoms with Crippen LogP contribution < -0.4 is 15.5 Å². The van der Waals surface area contributed by atoms with Crippen LogP contribution in [0.1, 0.15) is 22.5 Å². The number of carbonyl (C=O) groups excluding carboxylic acids is 2. The first-order chi connectivity index (χ1) is 15.1. The van der Waals surface area contributed by atoms with Gasteiger partial charge in [-0.25, -0.2) is 4.98 Å². The van der Waals surface area contributed by atoms with Gasteiger partial charge in [-0.15, -0.1) is 11.3 Å². The lowest BCUT2D eigenvalue weighted by Crippen LogP contribution is -2.32. The number of halogens is 1. The zero-order chi connectivity index (χ0) is 21.6. The number of rotatable bonds is 7. The van der Waals surface area contributed by atoms with Crippen molar-refractivity contribution in [3.63, 3.8) is 0 Å². The number of anilines is 2. The monoisotopic (exact) mass is 498 g/mol. The van der Waals surface area contributed by atoms with E-state index in [-0.39, 0.29) is 18.2 Å². The van der Waals surface area contributed by atoms with Crippen LogP contribution in [0.2, 0.25) is 0 Å². The van der Waals surface area contributed by atoms with E-state index in [1.807, 2.05) is 35.7 Å². The Hall–Kier alpha value is -2.71. The van der Waals surface area contributed by atoms with Gasteiger partial charge in [0.15, 0.2) is 5.13 Å². The van der Waals surface area contributed by atoms with Crippen LogP contribution in [-0.2, 0) is 11.2 Å². The van der Waals surface area contributed by atoms with Gasteiger partial charge < -0.3 is 10.2 Å². The van der Waals surface area contributed by atoms with Gasteiger partial charge in [-0.2, -0.15) is 0 Å². The van der Waals surface area contributed by atoms with Crippen LogP contribution in [0, 0.1) is 5.92 Å². The number of amides is 2. The van der Waals surface area contributed by atoms with Gasteiger partial charge in [-0.3, -0.25) is 14.9 Å². The molecule has 2 N–H and O–H groups in total. The number of thiazole rings is 1. The van der Waals surface area contributed by atoms with Crippen molar-refractivity contribution >= 4 is 49.9 Å². The van der Waals surface area contributed by atoms with Crippen molar-refractivity contribution in [1.29, 1.82) is 0 Å². The molecule has 2 aromatic carbocycles. The molecule has 3 aromatic rings. The SMILES string of the molecule is O=C(Cc1csc(NC(=O)c2ccccc2)n1)NCC1CCN(c2cccc(Br)c2)C1. The summed E-state index contributed by atoms with van der Waals surface area (Å²) in [6, 6.07) is 17.3. The van der Waals surface area contributed by atoms with Crippen LogP contribution >= 0.6 is 27.3 Å². The van der Waals surface area contributed by atoms with E-state index in [4.69, 9.17) is 0 Å². The molecule has 4 rings (SSSR count). The lowest BCUT2D eigenvalue weighted by atomic mass is 10.1. The van der Waals surface area contributed by atoms with Gasteiger partial charge in [0.2, 0.25) is 5.91 Å². The molecule has 2 amide bonds. The third kappa shape index (κ3) is 5.92. The lowest BCUT2D eigenvalue weighted by molar-refractivity contribution is -0.120. The Morgan fingerprint density at radius 2 is 2.00 bits per heavy atom. The highest BCUT2D eigenvalue weighted by Gasteiger charge is 2.23. The fraction of sp³-hybridized carbons (Fsp3) is 0.261. The maximum absolute atomic E-state index is 12.4. The van der Waals surface area contributed by atoms with Crippen LogP contribution in [0.5, 0.6) is 0 Å². The van der Waals surface area contributed by atoms with Gasteiger partial charge in [-0.1, -0.05) is 40.2 Å². The van der Waals surface area contributed by atoms with E-state index in [1.165, 1.54) is 17.0 Å². The molecule has 1 aliphatic heterocycles. The number of nitrogens with one attached hydrogen (secondary N) is 2.